The van der Waals surface area contributed by atoms with E-state index in [9.17, 15) is 0 Å². The van der Waals surface area contributed by atoms with Gasteiger partial charge in [-0.05, 0) is 35.8 Å². The fourth-order valence-electron chi connectivity index (χ4n) is 3.48. The summed E-state index contributed by atoms with van der Waals surface area (Å²) >= 11 is 0. The number of hydrogen-bond donors (Lipinski definition) is 0. The zero-order valence-corrected chi connectivity index (χ0v) is 14.5. The van der Waals surface area contributed by atoms with Crippen molar-refractivity contribution in [1.82, 2.24) is 4.98 Å². The quantitative estimate of drug-likeness (QED) is 0.813. The molecule has 3 heteroatoms. The lowest BCUT2D eigenvalue weighted by Crippen LogP contribution is -2.49. The van der Waals surface area contributed by atoms with E-state index in [-0.39, 0.29) is 5.41 Å². The summed E-state index contributed by atoms with van der Waals surface area (Å²) in [6, 6.07) is 4.39. The van der Waals surface area contributed by atoms with Crippen LogP contribution in [0.5, 0.6) is 0 Å². The summed E-state index contributed by atoms with van der Waals surface area (Å²) in [5, 5.41) is 0. The van der Waals surface area contributed by atoms with Crippen molar-refractivity contribution in [3.63, 3.8) is 0 Å². The minimum Gasteiger partial charge on any atom is -0.374 e. The van der Waals surface area contributed by atoms with Crippen LogP contribution in [0.2, 0.25) is 0 Å². The van der Waals surface area contributed by atoms with Gasteiger partial charge >= 0.3 is 0 Å². The number of hydrogen-bond acceptors (Lipinski definition) is 3. The van der Waals surface area contributed by atoms with Crippen molar-refractivity contribution in [1.29, 1.82) is 0 Å². The van der Waals surface area contributed by atoms with E-state index in [0.717, 1.165) is 25.6 Å². The average molecular weight is 302 g/mol. The Balaban J connectivity index is 1.66. The van der Waals surface area contributed by atoms with E-state index in [1.807, 2.05) is 6.20 Å². The van der Waals surface area contributed by atoms with Crippen LogP contribution in [0.1, 0.15) is 58.6 Å². The van der Waals surface area contributed by atoms with Gasteiger partial charge in [0.2, 0.25) is 0 Å². The van der Waals surface area contributed by atoms with Gasteiger partial charge in [-0.15, -0.1) is 0 Å². The van der Waals surface area contributed by atoms with Crippen LogP contribution in [0, 0.1) is 11.3 Å². The lowest BCUT2D eigenvalue weighted by molar-refractivity contribution is -0.0398. The van der Waals surface area contributed by atoms with E-state index in [0.29, 0.717) is 12.0 Å². The topological polar surface area (TPSA) is 25.4 Å². The van der Waals surface area contributed by atoms with Crippen molar-refractivity contribution in [2.45, 2.75) is 59.0 Å². The SMILES string of the molecule is CC(C)c1ccc(N2CCO[C@@H](C(C)(C)CC3CC3)C2)cn1. The molecule has 0 spiro atoms. The van der Waals surface area contributed by atoms with Gasteiger partial charge in [-0.2, -0.15) is 0 Å². The van der Waals surface area contributed by atoms with Crippen LogP contribution in [-0.2, 0) is 4.74 Å². The number of aromatic nitrogens is 1. The molecule has 1 aliphatic heterocycles. The molecule has 1 saturated heterocycles. The third-order valence-corrected chi connectivity index (χ3v) is 5.18. The minimum absolute atomic E-state index is 0.269. The summed E-state index contributed by atoms with van der Waals surface area (Å²) in [7, 11) is 0. The van der Waals surface area contributed by atoms with E-state index < -0.39 is 0 Å². The first-order valence-electron chi connectivity index (χ1n) is 8.78. The number of anilines is 1. The maximum absolute atomic E-state index is 6.12. The van der Waals surface area contributed by atoms with Crippen LogP contribution in [0.3, 0.4) is 0 Å². The Morgan fingerprint density at radius 2 is 2.09 bits per heavy atom. The van der Waals surface area contributed by atoms with E-state index in [4.69, 9.17) is 4.74 Å². The van der Waals surface area contributed by atoms with Gasteiger partial charge in [0, 0.05) is 18.8 Å². The molecule has 0 amide bonds. The molecule has 3 nitrogen and oxygen atoms in total. The van der Waals surface area contributed by atoms with Gasteiger partial charge in [0.15, 0.2) is 0 Å². The molecular formula is C19H30N2O. The van der Waals surface area contributed by atoms with Gasteiger partial charge in [-0.1, -0.05) is 40.5 Å². The van der Waals surface area contributed by atoms with Crippen molar-refractivity contribution < 1.29 is 4.74 Å². The zero-order valence-electron chi connectivity index (χ0n) is 14.5. The minimum atomic E-state index is 0.269. The fourth-order valence-corrected chi connectivity index (χ4v) is 3.48. The lowest BCUT2D eigenvalue weighted by atomic mass is 9.80. The average Bonchev–Trinajstić information content (AvgIpc) is 3.31. The van der Waals surface area contributed by atoms with E-state index in [1.165, 1.54) is 30.6 Å². The smallest absolute Gasteiger partial charge is 0.0801 e. The summed E-state index contributed by atoms with van der Waals surface area (Å²) in [5.74, 6) is 1.44. The van der Waals surface area contributed by atoms with E-state index >= 15 is 0 Å². The molecule has 2 aliphatic rings. The molecular weight excluding hydrogens is 272 g/mol. The molecule has 1 aromatic rings. The van der Waals surface area contributed by atoms with E-state index in [2.05, 4.69) is 49.7 Å². The molecule has 0 aromatic carbocycles. The monoisotopic (exact) mass is 302 g/mol. The molecule has 1 saturated carbocycles. The van der Waals surface area contributed by atoms with Crippen molar-refractivity contribution in [2.75, 3.05) is 24.6 Å². The number of pyridine rings is 1. The van der Waals surface area contributed by atoms with Gasteiger partial charge in [0.05, 0.1) is 24.6 Å². The first kappa shape index (κ1) is 15.8. The molecule has 2 heterocycles. The highest BCUT2D eigenvalue weighted by molar-refractivity contribution is 5.45. The number of morpholine rings is 1. The Hall–Kier alpha value is -1.09. The Bertz CT molecular complexity index is 491. The first-order valence-corrected chi connectivity index (χ1v) is 8.78. The van der Waals surface area contributed by atoms with Gasteiger partial charge < -0.3 is 9.64 Å². The highest BCUT2D eigenvalue weighted by Gasteiger charge is 2.38. The second-order valence-corrected chi connectivity index (χ2v) is 8.04. The van der Waals surface area contributed by atoms with Crippen molar-refractivity contribution in [2.24, 2.45) is 11.3 Å². The number of nitrogens with zero attached hydrogens (tertiary/aromatic N) is 2. The molecule has 0 unspecified atom stereocenters. The maximum Gasteiger partial charge on any atom is 0.0801 e. The van der Waals surface area contributed by atoms with Gasteiger partial charge in [0.25, 0.3) is 0 Å². The summed E-state index contributed by atoms with van der Waals surface area (Å²) in [6.45, 7) is 11.9. The molecule has 22 heavy (non-hydrogen) atoms. The zero-order chi connectivity index (χ0) is 15.7. The lowest BCUT2D eigenvalue weighted by Gasteiger charge is -2.42. The molecule has 1 aromatic heterocycles. The van der Waals surface area contributed by atoms with Gasteiger partial charge in [-0.3, -0.25) is 4.98 Å². The van der Waals surface area contributed by atoms with Crippen molar-refractivity contribution in [3.05, 3.63) is 24.0 Å². The number of rotatable bonds is 5. The largest absolute Gasteiger partial charge is 0.374 e. The Morgan fingerprint density at radius 1 is 1.32 bits per heavy atom. The first-order chi connectivity index (χ1) is 10.5. The number of ether oxygens (including phenoxy) is 1. The Kier molecular flexibility index (Phi) is 4.44. The van der Waals surface area contributed by atoms with Crippen molar-refractivity contribution in [3.8, 4) is 0 Å². The predicted molar refractivity (Wildman–Crippen MR) is 91.4 cm³/mol. The Morgan fingerprint density at radius 3 is 2.68 bits per heavy atom. The van der Waals surface area contributed by atoms with Crippen molar-refractivity contribution >= 4 is 5.69 Å². The second-order valence-electron chi connectivity index (χ2n) is 8.04. The Labute approximate surface area is 135 Å². The molecule has 3 rings (SSSR count). The third kappa shape index (κ3) is 3.62. The highest BCUT2D eigenvalue weighted by Crippen LogP contribution is 2.43. The molecule has 0 N–H and O–H groups in total. The summed E-state index contributed by atoms with van der Waals surface area (Å²) in [6.07, 6.45) is 6.49. The summed E-state index contributed by atoms with van der Waals surface area (Å²) in [5.41, 5.74) is 2.67. The summed E-state index contributed by atoms with van der Waals surface area (Å²) in [4.78, 5) is 7.06. The van der Waals surface area contributed by atoms with Gasteiger partial charge in [0.1, 0.15) is 0 Å². The second kappa shape index (κ2) is 6.19. The standard InChI is InChI=1S/C19H30N2O/c1-14(2)17-8-7-16(12-20-17)21-9-10-22-18(13-21)19(3,4)11-15-5-6-15/h7-8,12,14-15,18H,5-6,9-11,13H2,1-4H3/t18-/m1/s1. The summed E-state index contributed by atoms with van der Waals surface area (Å²) < 4.78 is 6.12. The molecule has 1 aliphatic carbocycles. The van der Waals surface area contributed by atoms with Crippen LogP contribution in [-0.4, -0.2) is 30.8 Å². The van der Waals surface area contributed by atoms with E-state index in [1.54, 1.807) is 0 Å². The normalized spacial score (nSPS) is 23.1. The van der Waals surface area contributed by atoms with Gasteiger partial charge in [-0.25, -0.2) is 0 Å². The maximum atomic E-state index is 6.12. The fraction of sp³-hybridized carbons (Fsp3) is 0.737. The van der Waals surface area contributed by atoms with Crippen LogP contribution >= 0.6 is 0 Å². The van der Waals surface area contributed by atoms with Crippen LogP contribution in [0.4, 0.5) is 5.69 Å². The highest BCUT2D eigenvalue weighted by atomic mass is 16.5. The van der Waals surface area contributed by atoms with Crippen LogP contribution < -0.4 is 4.90 Å². The molecule has 122 valence electrons. The van der Waals surface area contributed by atoms with Crippen LogP contribution in [0.25, 0.3) is 0 Å². The molecule has 0 bridgehead atoms. The third-order valence-electron chi connectivity index (χ3n) is 5.18. The van der Waals surface area contributed by atoms with Crippen LogP contribution in [0.15, 0.2) is 18.3 Å². The predicted octanol–water partition coefficient (Wildman–Crippen LogP) is 4.24. The molecule has 0 radical (unpaired) electrons. The molecule has 2 fully saturated rings. The molecule has 1 atom stereocenters.